The van der Waals surface area contributed by atoms with Crippen molar-refractivity contribution in [3.63, 3.8) is 0 Å². The van der Waals surface area contributed by atoms with Gasteiger partial charge in [-0.05, 0) is 43.4 Å². The lowest BCUT2D eigenvalue weighted by Gasteiger charge is -2.29. The van der Waals surface area contributed by atoms with E-state index in [1.165, 1.54) is 32.3 Å². The first-order valence-corrected chi connectivity index (χ1v) is 9.08. The Hall–Kier alpha value is -3.39. The van der Waals surface area contributed by atoms with Gasteiger partial charge in [-0.2, -0.15) is 0 Å². The molecule has 0 atom stereocenters. The predicted octanol–water partition coefficient (Wildman–Crippen LogP) is 2.85. The quantitative estimate of drug-likeness (QED) is 0.462. The van der Waals surface area contributed by atoms with Gasteiger partial charge in [0.25, 0.3) is 11.8 Å². The molecule has 2 aromatic carbocycles. The van der Waals surface area contributed by atoms with E-state index in [1.54, 1.807) is 24.3 Å². The van der Waals surface area contributed by atoms with Crippen LogP contribution in [0.3, 0.4) is 0 Å². The molecule has 0 aromatic heterocycles. The Morgan fingerprint density at radius 1 is 0.931 bits per heavy atom. The number of nitrogens with zero attached hydrogens (tertiary/aromatic N) is 1. The zero-order chi connectivity index (χ0) is 21.1. The fraction of sp³-hybridized carbons (Fsp3) is 0.190. The van der Waals surface area contributed by atoms with Gasteiger partial charge < -0.3 is 14.2 Å². The molecule has 1 aliphatic rings. The second kappa shape index (κ2) is 8.32. The van der Waals surface area contributed by atoms with Crippen molar-refractivity contribution in [2.24, 2.45) is 0 Å². The molecule has 29 heavy (non-hydrogen) atoms. The summed E-state index contributed by atoms with van der Waals surface area (Å²) in [5.41, 5.74) is 2.01. The molecule has 8 heteroatoms. The largest absolute Gasteiger partial charge is 0.496 e. The first-order chi connectivity index (χ1) is 13.9. The van der Waals surface area contributed by atoms with Crippen LogP contribution < -0.4 is 24.4 Å². The zero-order valence-corrected chi connectivity index (χ0v) is 17.3. The van der Waals surface area contributed by atoms with E-state index in [0.29, 0.717) is 28.5 Å². The smallest absolute Gasteiger partial charge is 0.270 e. The molecule has 150 valence electrons. The van der Waals surface area contributed by atoms with E-state index in [-0.39, 0.29) is 10.7 Å². The minimum absolute atomic E-state index is 0.0280. The molecule has 0 spiro atoms. The summed E-state index contributed by atoms with van der Waals surface area (Å²) >= 11 is 5.22. The molecule has 3 rings (SSSR count). The van der Waals surface area contributed by atoms with E-state index in [1.807, 2.05) is 19.1 Å². The van der Waals surface area contributed by atoms with E-state index < -0.39 is 11.8 Å². The van der Waals surface area contributed by atoms with Crippen LogP contribution in [0.1, 0.15) is 11.1 Å². The lowest BCUT2D eigenvalue weighted by molar-refractivity contribution is -0.122. The number of hydrogen-bond acceptors (Lipinski definition) is 6. The molecule has 2 amide bonds. The van der Waals surface area contributed by atoms with E-state index in [0.717, 1.165) is 5.56 Å². The first-order valence-electron chi connectivity index (χ1n) is 8.67. The fourth-order valence-electron chi connectivity index (χ4n) is 2.91. The number of aryl methyl sites for hydroxylation is 1. The number of methoxy groups -OCH3 is 3. The number of benzene rings is 2. The van der Waals surface area contributed by atoms with E-state index in [2.05, 4.69) is 5.32 Å². The Labute approximate surface area is 173 Å². The van der Waals surface area contributed by atoms with Crippen molar-refractivity contribution >= 4 is 40.9 Å². The number of rotatable bonds is 5. The Kier molecular flexibility index (Phi) is 5.84. The van der Waals surface area contributed by atoms with E-state index >= 15 is 0 Å². The van der Waals surface area contributed by atoms with Crippen molar-refractivity contribution in [3.05, 3.63) is 53.1 Å². The molecule has 0 saturated carbocycles. The lowest BCUT2D eigenvalue weighted by Crippen LogP contribution is -2.54. The van der Waals surface area contributed by atoms with E-state index in [4.69, 9.17) is 26.4 Å². The summed E-state index contributed by atoms with van der Waals surface area (Å²) in [5, 5.41) is 2.59. The minimum atomic E-state index is -0.583. The van der Waals surface area contributed by atoms with Gasteiger partial charge in [0.2, 0.25) is 0 Å². The summed E-state index contributed by atoms with van der Waals surface area (Å²) < 4.78 is 16.0. The molecular weight excluding hydrogens is 392 g/mol. The van der Waals surface area contributed by atoms with Crippen LogP contribution in [-0.2, 0) is 9.59 Å². The van der Waals surface area contributed by atoms with Gasteiger partial charge >= 0.3 is 0 Å². The van der Waals surface area contributed by atoms with Gasteiger partial charge in [-0.25, -0.2) is 0 Å². The summed E-state index contributed by atoms with van der Waals surface area (Å²) in [7, 11) is 4.49. The average molecular weight is 412 g/mol. The topological polar surface area (TPSA) is 77.1 Å². The van der Waals surface area contributed by atoms with Crippen molar-refractivity contribution in [3.8, 4) is 17.2 Å². The lowest BCUT2D eigenvalue weighted by atomic mass is 10.1. The molecule has 1 heterocycles. The maximum atomic E-state index is 13.1. The summed E-state index contributed by atoms with van der Waals surface area (Å²) in [5.74, 6) is 0.216. The van der Waals surface area contributed by atoms with Crippen molar-refractivity contribution in [1.29, 1.82) is 0 Å². The molecule has 2 aromatic rings. The first kappa shape index (κ1) is 20.3. The number of amides is 2. The number of nitrogens with one attached hydrogen (secondary N) is 1. The molecule has 0 radical (unpaired) electrons. The Morgan fingerprint density at radius 3 is 2.10 bits per heavy atom. The third-order valence-electron chi connectivity index (χ3n) is 4.43. The Morgan fingerprint density at radius 2 is 1.52 bits per heavy atom. The summed E-state index contributed by atoms with van der Waals surface area (Å²) in [6.07, 6.45) is 1.45. The molecule has 0 aliphatic carbocycles. The standard InChI is InChI=1S/C21H20N2O5S/c1-12-5-7-14(8-6-12)23-20(25)15(19(24)22-21(23)29)9-13-10-17(27-3)18(28-4)11-16(13)26-2/h5-11H,1-4H3,(H,22,24,29). The molecule has 7 nitrogen and oxygen atoms in total. The van der Waals surface area contributed by atoms with Crippen LogP contribution in [-0.4, -0.2) is 38.3 Å². The maximum absolute atomic E-state index is 13.1. The number of hydrogen-bond donors (Lipinski definition) is 1. The molecule has 1 aliphatic heterocycles. The van der Waals surface area contributed by atoms with Gasteiger partial charge in [-0.15, -0.1) is 0 Å². The van der Waals surface area contributed by atoms with Crippen LogP contribution in [0.5, 0.6) is 17.2 Å². The van der Waals surface area contributed by atoms with Gasteiger partial charge in [0.1, 0.15) is 11.3 Å². The van der Waals surface area contributed by atoms with Crippen LogP contribution in [0.4, 0.5) is 5.69 Å². The van der Waals surface area contributed by atoms with Crippen molar-refractivity contribution in [2.75, 3.05) is 26.2 Å². The number of anilines is 1. The van der Waals surface area contributed by atoms with Crippen molar-refractivity contribution in [1.82, 2.24) is 5.32 Å². The second-order valence-electron chi connectivity index (χ2n) is 6.24. The number of carbonyl (C=O) groups excluding carboxylic acids is 2. The van der Waals surface area contributed by atoms with Crippen LogP contribution in [0.2, 0.25) is 0 Å². The van der Waals surface area contributed by atoms with E-state index in [9.17, 15) is 9.59 Å². The minimum Gasteiger partial charge on any atom is -0.496 e. The second-order valence-corrected chi connectivity index (χ2v) is 6.63. The molecule has 0 unspecified atom stereocenters. The normalized spacial score (nSPS) is 15.4. The third kappa shape index (κ3) is 3.93. The van der Waals surface area contributed by atoms with Crippen LogP contribution >= 0.6 is 12.2 Å². The van der Waals surface area contributed by atoms with Gasteiger partial charge in [-0.3, -0.25) is 19.8 Å². The van der Waals surface area contributed by atoms with Gasteiger partial charge in [-0.1, -0.05) is 17.7 Å². The highest BCUT2D eigenvalue weighted by Gasteiger charge is 2.34. The highest BCUT2D eigenvalue weighted by atomic mass is 32.1. The zero-order valence-electron chi connectivity index (χ0n) is 16.4. The van der Waals surface area contributed by atoms with Gasteiger partial charge in [0.15, 0.2) is 16.6 Å². The van der Waals surface area contributed by atoms with Crippen molar-refractivity contribution in [2.45, 2.75) is 6.92 Å². The van der Waals surface area contributed by atoms with Crippen molar-refractivity contribution < 1.29 is 23.8 Å². The average Bonchev–Trinajstić information content (AvgIpc) is 2.71. The predicted molar refractivity (Wildman–Crippen MR) is 113 cm³/mol. The Bertz CT molecular complexity index is 1010. The summed E-state index contributed by atoms with van der Waals surface area (Å²) in [6, 6.07) is 10.5. The van der Waals surface area contributed by atoms with Crippen LogP contribution in [0.25, 0.3) is 6.08 Å². The SMILES string of the molecule is COc1cc(OC)c(OC)cc1C=C1C(=O)NC(=S)N(c2ccc(C)cc2)C1=O. The Balaban J connectivity index is 2.08. The van der Waals surface area contributed by atoms with Crippen LogP contribution in [0.15, 0.2) is 42.0 Å². The third-order valence-corrected chi connectivity index (χ3v) is 4.71. The molecule has 1 N–H and O–H groups in total. The van der Waals surface area contributed by atoms with Gasteiger partial charge in [0.05, 0.1) is 27.0 Å². The number of ether oxygens (including phenoxy) is 3. The maximum Gasteiger partial charge on any atom is 0.270 e. The number of thiocarbonyl (C=S) groups is 1. The van der Waals surface area contributed by atoms with Crippen LogP contribution in [0, 0.1) is 6.92 Å². The highest BCUT2D eigenvalue weighted by molar-refractivity contribution is 7.80. The monoisotopic (exact) mass is 412 g/mol. The fourth-order valence-corrected chi connectivity index (χ4v) is 3.19. The summed E-state index contributed by atoms with van der Waals surface area (Å²) in [6.45, 7) is 1.94. The molecular formula is C21H20N2O5S. The molecule has 1 saturated heterocycles. The summed E-state index contributed by atoms with van der Waals surface area (Å²) in [4.78, 5) is 26.9. The molecule has 0 bridgehead atoms. The van der Waals surface area contributed by atoms with Gasteiger partial charge in [0, 0.05) is 11.6 Å². The highest BCUT2D eigenvalue weighted by Crippen LogP contribution is 2.36. The molecule has 1 fully saturated rings. The number of carbonyl (C=O) groups is 2.